The summed E-state index contributed by atoms with van der Waals surface area (Å²) in [6.45, 7) is 0. The van der Waals surface area contributed by atoms with Crippen molar-refractivity contribution in [3.05, 3.63) is 164 Å². The van der Waals surface area contributed by atoms with Crippen LogP contribution in [0.1, 0.15) is 0 Å². The van der Waals surface area contributed by atoms with E-state index >= 15 is 0 Å². The average Bonchev–Trinajstić information content (AvgIpc) is 3.08. The van der Waals surface area contributed by atoms with E-state index in [4.69, 9.17) is 0 Å². The summed E-state index contributed by atoms with van der Waals surface area (Å²) in [6.07, 6.45) is 0. The lowest BCUT2D eigenvalue weighted by molar-refractivity contribution is 1.31. The van der Waals surface area contributed by atoms with Crippen LogP contribution in [0, 0.1) is 0 Å². The Kier molecular flexibility index (Phi) is 5.27. The van der Waals surface area contributed by atoms with E-state index in [9.17, 15) is 0 Å². The number of fused-ring (bicyclic) bond motifs is 2. The van der Waals surface area contributed by atoms with E-state index in [-0.39, 0.29) is 0 Å². The van der Waals surface area contributed by atoms with Crippen molar-refractivity contribution < 1.29 is 0 Å². The summed E-state index contributed by atoms with van der Waals surface area (Å²) in [5, 5.41) is 12.8. The van der Waals surface area contributed by atoms with Gasteiger partial charge in [-0.2, -0.15) is 0 Å². The van der Waals surface area contributed by atoms with Gasteiger partial charge in [0.2, 0.25) is 0 Å². The summed E-state index contributed by atoms with van der Waals surface area (Å²) in [5.74, 6) is 0. The lowest BCUT2D eigenvalue weighted by Gasteiger charge is -2.28. The molecule has 9 rings (SSSR count). The van der Waals surface area contributed by atoms with Gasteiger partial charge in [0.05, 0.1) is 11.4 Å². The number of rotatable bonds is 4. The van der Waals surface area contributed by atoms with Crippen LogP contribution in [-0.4, -0.2) is 0 Å². The molecule has 200 valence electrons. The molecule has 0 aliphatic heterocycles. The van der Waals surface area contributed by atoms with Gasteiger partial charge in [-0.15, -0.1) is 0 Å². The molecule has 0 atom stereocenters. The number of hydrogen-bond acceptors (Lipinski definition) is 1. The molecule has 1 nitrogen and oxygen atoms in total. The molecule has 0 heterocycles. The third-order valence-electron chi connectivity index (χ3n) is 8.98. The summed E-state index contributed by atoms with van der Waals surface area (Å²) in [4.78, 5) is 2.42. The van der Waals surface area contributed by atoms with Gasteiger partial charge in [-0.25, -0.2) is 0 Å². The monoisotopic (exact) mass is 545 g/mol. The lowest BCUT2D eigenvalue weighted by atomic mass is 9.90. The molecule has 0 radical (unpaired) electrons. The van der Waals surface area contributed by atoms with Crippen LogP contribution in [-0.2, 0) is 0 Å². The minimum atomic E-state index is 1.13. The first kappa shape index (κ1) is 24.0. The van der Waals surface area contributed by atoms with Crippen molar-refractivity contribution in [2.24, 2.45) is 0 Å². The SMILES string of the molecule is c1ccc2c(N(c3ccc(-c4ccc5ccc6cccc7ccc4c5c67)cc3)c3cccc4ccccc34)cccc2c1. The average molecular weight is 546 g/mol. The molecule has 43 heavy (non-hydrogen) atoms. The van der Waals surface area contributed by atoms with Crippen molar-refractivity contribution in [3.8, 4) is 11.1 Å². The molecule has 0 amide bonds. The molecule has 0 fully saturated rings. The Labute approximate surface area is 250 Å². The Morgan fingerprint density at radius 2 is 0.791 bits per heavy atom. The number of hydrogen-bond donors (Lipinski definition) is 0. The highest BCUT2D eigenvalue weighted by Gasteiger charge is 2.18. The first-order valence-electron chi connectivity index (χ1n) is 14.9. The van der Waals surface area contributed by atoms with E-state index in [0.717, 1.165) is 5.69 Å². The quantitative estimate of drug-likeness (QED) is 0.199. The van der Waals surface area contributed by atoms with Gasteiger partial charge in [0, 0.05) is 16.5 Å². The minimum absolute atomic E-state index is 1.13. The molecule has 0 aliphatic carbocycles. The summed E-state index contributed by atoms with van der Waals surface area (Å²) in [6, 6.07) is 59.8. The standard InChI is InChI=1S/C42H27N/c1-3-14-36-28(8-1)10-6-16-39(36)43(40-17-7-11-29-9-2-4-15-37(29)40)34-24-20-30(21-25-34)35-26-22-33-19-18-31-12-5-13-32-23-27-38(35)42(33)41(31)32/h1-27H. The minimum Gasteiger partial charge on any atom is -0.309 e. The molecular formula is C42H27N. The molecule has 0 spiro atoms. The van der Waals surface area contributed by atoms with Crippen LogP contribution in [0.5, 0.6) is 0 Å². The molecular weight excluding hydrogens is 518 g/mol. The highest BCUT2D eigenvalue weighted by molar-refractivity contribution is 6.25. The van der Waals surface area contributed by atoms with Crippen LogP contribution in [0.15, 0.2) is 164 Å². The van der Waals surface area contributed by atoms with Crippen molar-refractivity contribution in [1.82, 2.24) is 0 Å². The van der Waals surface area contributed by atoms with Crippen LogP contribution in [0.2, 0.25) is 0 Å². The third kappa shape index (κ3) is 3.72. The summed E-state index contributed by atoms with van der Waals surface area (Å²) in [5.41, 5.74) is 5.96. The number of benzene rings is 9. The number of anilines is 3. The van der Waals surface area contributed by atoms with Gasteiger partial charge in [-0.3, -0.25) is 0 Å². The topological polar surface area (TPSA) is 3.24 Å². The molecule has 0 bridgehead atoms. The van der Waals surface area contributed by atoms with Crippen LogP contribution in [0.4, 0.5) is 17.1 Å². The van der Waals surface area contributed by atoms with E-state index in [0.29, 0.717) is 0 Å². The number of nitrogens with zero attached hydrogens (tertiary/aromatic N) is 1. The van der Waals surface area contributed by atoms with Gasteiger partial charge in [0.1, 0.15) is 0 Å². The summed E-state index contributed by atoms with van der Waals surface area (Å²) in [7, 11) is 0. The fraction of sp³-hybridized carbons (Fsp3) is 0. The van der Waals surface area contributed by atoms with Crippen LogP contribution >= 0.6 is 0 Å². The van der Waals surface area contributed by atoms with Gasteiger partial charge >= 0.3 is 0 Å². The Bertz CT molecular complexity index is 2350. The molecule has 0 aliphatic rings. The third-order valence-corrected chi connectivity index (χ3v) is 8.98. The Morgan fingerprint density at radius 3 is 1.44 bits per heavy atom. The first-order valence-corrected chi connectivity index (χ1v) is 14.9. The van der Waals surface area contributed by atoms with Gasteiger partial charge in [-0.05, 0) is 78.5 Å². The molecule has 9 aromatic rings. The lowest BCUT2D eigenvalue weighted by Crippen LogP contribution is -2.11. The molecule has 0 N–H and O–H groups in total. The highest BCUT2D eigenvalue weighted by Crippen LogP contribution is 2.43. The van der Waals surface area contributed by atoms with Crippen molar-refractivity contribution in [2.45, 2.75) is 0 Å². The van der Waals surface area contributed by atoms with Crippen molar-refractivity contribution in [1.29, 1.82) is 0 Å². The zero-order valence-electron chi connectivity index (χ0n) is 23.5. The summed E-state index contributed by atoms with van der Waals surface area (Å²) < 4.78 is 0. The van der Waals surface area contributed by atoms with Crippen molar-refractivity contribution in [2.75, 3.05) is 4.90 Å². The summed E-state index contributed by atoms with van der Waals surface area (Å²) >= 11 is 0. The van der Waals surface area contributed by atoms with Gasteiger partial charge < -0.3 is 4.90 Å². The molecule has 1 heteroatoms. The highest BCUT2D eigenvalue weighted by atomic mass is 15.1. The maximum Gasteiger partial charge on any atom is 0.0540 e. The Balaban J connectivity index is 1.25. The molecule has 0 saturated carbocycles. The molecule has 9 aromatic carbocycles. The van der Waals surface area contributed by atoms with E-state index < -0.39 is 0 Å². The second kappa shape index (κ2) is 9.44. The van der Waals surface area contributed by atoms with Crippen molar-refractivity contribution >= 4 is 70.9 Å². The molecule has 0 unspecified atom stereocenters. The molecule has 0 saturated heterocycles. The zero-order valence-corrected chi connectivity index (χ0v) is 23.5. The van der Waals surface area contributed by atoms with Crippen LogP contribution in [0.3, 0.4) is 0 Å². The second-order valence-corrected chi connectivity index (χ2v) is 11.3. The predicted octanol–water partition coefficient (Wildman–Crippen LogP) is 12.0. The van der Waals surface area contributed by atoms with Gasteiger partial charge in [0.15, 0.2) is 0 Å². The fourth-order valence-corrected chi connectivity index (χ4v) is 6.99. The maximum absolute atomic E-state index is 2.42. The normalized spacial score (nSPS) is 11.7. The van der Waals surface area contributed by atoms with Gasteiger partial charge in [0.25, 0.3) is 0 Å². The Hall–Kier alpha value is -5.66. The van der Waals surface area contributed by atoms with E-state index in [1.54, 1.807) is 0 Å². The largest absolute Gasteiger partial charge is 0.309 e. The fourth-order valence-electron chi connectivity index (χ4n) is 6.99. The molecule has 0 aromatic heterocycles. The van der Waals surface area contributed by atoms with Crippen LogP contribution in [0.25, 0.3) is 65.0 Å². The Morgan fingerprint density at radius 1 is 0.302 bits per heavy atom. The second-order valence-electron chi connectivity index (χ2n) is 11.3. The van der Waals surface area contributed by atoms with E-state index in [1.807, 2.05) is 0 Å². The van der Waals surface area contributed by atoms with Gasteiger partial charge in [-0.1, -0.05) is 140 Å². The van der Waals surface area contributed by atoms with Crippen molar-refractivity contribution in [3.63, 3.8) is 0 Å². The van der Waals surface area contributed by atoms with E-state index in [2.05, 4.69) is 169 Å². The maximum atomic E-state index is 2.42. The first-order chi connectivity index (χ1) is 21.3. The smallest absolute Gasteiger partial charge is 0.0540 e. The van der Waals surface area contributed by atoms with Crippen LogP contribution < -0.4 is 4.90 Å². The predicted molar refractivity (Wildman–Crippen MR) is 185 cm³/mol. The van der Waals surface area contributed by atoms with E-state index in [1.165, 1.54) is 76.4 Å². The zero-order chi connectivity index (χ0) is 28.3.